The first-order chi connectivity index (χ1) is 13.7. The van der Waals surface area contributed by atoms with Crippen molar-refractivity contribution in [2.75, 3.05) is 20.2 Å². The summed E-state index contributed by atoms with van der Waals surface area (Å²) < 4.78 is 10.8. The molecule has 6 nitrogen and oxygen atoms in total. The van der Waals surface area contributed by atoms with Gasteiger partial charge in [-0.05, 0) is 54.8 Å². The van der Waals surface area contributed by atoms with E-state index in [0.29, 0.717) is 11.3 Å². The molecule has 0 aliphatic carbocycles. The molecule has 0 unspecified atom stereocenters. The minimum absolute atomic E-state index is 0.0831. The summed E-state index contributed by atoms with van der Waals surface area (Å²) in [5.74, 6) is 1.47. The molecule has 1 amide bonds. The van der Waals surface area contributed by atoms with Crippen LogP contribution in [0.5, 0.6) is 17.5 Å². The lowest BCUT2D eigenvalue weighted by Gasteiger charge is -2.15. The molecule has 0 spiro atoms. The van der Waals surface area contributed by atoms with Crippen molar-refractivity contribution in [3.63, 3.8) is 0 Å². The van der Waals surface area contributed by atoms with E-state index in [9.17, 15) is 4.79 Å². The summed E-state index contributed by atoms with van der Waals surface area (Å²) in [6.45, 7) is 1.67. The third-order valence-electron chi connectivity index (χ3n) is 4.73. The van der Waals surface area contributed by atoms with E-state index in [1.165, 1.54) is 0 Å². The number of rotatable bonds is 5. The Morgan fingerprint density at radius 3 is 2.29 bits per heavy atom. The molecule has 4 rings (SSSR count). The average Bonchev–Trinajstić information content (AvgIpc) is 3.29. The standard InChI is InChI=1S/C22H21N3O3/c1-27-19-7-9-20(10-8-19)28-22-23-14-18(15-24-22)16-5-4-6-17(13-16)21(26)25-11-2-3-12-25/h4-10,13-15H,2-3,11-12H2,1H3. The lowest BCUT2D eigenvalue weighted by molar-refractivity contribution is 0.0793. The van der Waals surface area contributed by atoms with E-state index in [-0.39, 0.29) is 11.9 Å². The number of hydrogen-bond acceptors (Lipinski definition) is 5. The predicted octanol–water partition coefficient (Wildman–Crippen LogP) is 4.18. The molecule has 1 aliphatic heterocycles. The van der Waals surface area contributed by atoms with Crippen LogP contribution >= 0.6 is 0 Å². The van der Waals surface area contributed by atoms with Gasteiger partial charge in [0.25, 0.3) is 5.91 Å². The molecule has 0 radical (unpaired) electrons. The topological polar surface area (TPSA) is 64.6 Å². The number of methoxy groups -OCH3 is 1. The van der Waals surface area contributed by atoms with Gasteiger partial charge in [-0.1, -0.05) is 12.1 Å². The molecule has 1 fully saturated rings. The molecule has 3 aromatic rings. The summed E-state index contributed by atoms with van der Waals surface area (Å²) in [6.07, 6.45) is 5.56. The highest BCUT2D eigenvalue weighted by Crippen LogP contribution is 2.24. The minimum atomic E-state index is 0.0831. The number of hydrogen-bond donors (Lipinski definition) is 0. The van der Waals surface area contributed by atoms with E-state index in [0.717, 1.165) is 42.8 Å². The van der Waals surface area contributed by atoms with E-state index in [4.69, 9.17) is 9.47 Å². The molecular formula is C22H21N3O3. The van der Waals surface area contributed by atoms with Gasteiger partial charge in [0.1, 0.15) is 11.5 Å². The monoisotopic (exact) mass is 375 g/mol. The Balaban J connectivity index is 1.48. The van der Waals surface area contributed by atoms with E-state index in [2.05, 4.69) is 9.97 Å². The quantitative estimate of drug-likeness (QED) is 0.669. The van der Waals surface area contributed by atoms with Crippen LogP contribution in [-0.4, -0.2) is 41.0 Å². The zero-order chi connectivity index (χ0) is 19.3. The SMILES string of the molecule is COc1ccc(Oc2ncc(-c3cccc(C(=O)N4CCCC4)c3)cn2)cc1. The Kier molecular flexibility index (Phi) is 5.19. The average molecular weight is 375 g/mol. The summed E-state index contributed by atoms with van der Waals surface area (Å²) in [7, 11) is 1.62. The molecule has 6 heteroatoms. The molecule has 2 aromatic carbocycles. The number of aromatic nitrogens is 2. The lowest BCUT2D eigenvalue weighted by Crippen LogP contribution is -2.27. The number of likely N-dealkylation sites (tertiary alicyclic amines) is 1. The van der Waals surface area contributed by atoms with Crippen molar-refractivity contribution in [3.8, 4) is 28.6 Å². The van der Waals surface area contributed by atoms with Gasteiger partial charge in [-0.3, -0.25) is 4.79 Å². The van der Waals surface area contributed by atoms with Crippen molar-refractivity contribution < 1.29 is 14.3 Å². The van der Waals surface area contributed by atoms with E-state index >= 15 is 0 Å². The maximum Gasteiger partial charge on any atom is 0.321 e. The van der Waals surface area contributed by atoms with Gasteiger partial charge in [0.05, 0.1) is 7.11 Å². The first kappa shape index (κ1) is 18.0. The highest BCUT2D eigenvalue weighted by molar-refractivity contribution is 5.95. The summed E-state index contributed by atoms with van der Waals surface area (Å²) in [4.78, 5) is 23.1. The van der Waals surface area contributed by atoms with Gasteiger partial charge in [-0.25, -0.2) is 9.97 Å². The zero-order valence-electron chi connectivity index (χ0n) is 15.7. The molecular weight excluding hydrogens is 354 g/mol. The molecule has 1 aromatic heterocycles. The third kappa shape index (κ3) is 3.96. The van der Waals surface area contributed by atoms with Gasteiger partial charge in [0.2, 0.25) is 0 Å². The molecule has 0 bridgehead atoms. The van der Waals surface area contributed by atoms with E-state index in [1.807, 2.05) is 41.3 Å². The highest BCUT2D eigenvalue weighted by Gasteiger charge is 2.19. The Morgan fingerprint density at radius 2 is 1.61 bits per heavy atom. The highest BCUT2D eigenvalue weighted by atomic mass is 16.5. The van der Waals surface area contributed by atoms with Crippen molar-refractivity contribution >= 4 is 5.91 Å². The van der Waals surface area contributed by atoms with Crippen LogP contribution < -0.4 is 9.47 Å². The largest absolute Gasteiger partial charge is 0.497 e. The smallest absolute Gasteiger partial charge is 0.321 e. The van der Waals surface area contributed by atoms with Crippen LogP contribution in [-0.2, 0) is 0 Å². The lowest BCUT2D eigenvalue weighted by atomic mass is 10.1. The zero-order valence-corrected chi connectivity index (χ0v) is 15.7. The predicted molar refractivity (Wildman–Crippen MR) is 106 cm³/mol. The summed E-state index contributed by atoms with van der Waals surface area (Å²) in [5, 5.41) is 0. The molecule has 28 heavy (non-hydrogen) atoms. The maximum absolute atomic E-state index is 12.6. The molecule has 1 aliphatic rings. The second-order valence-electron chi connectivity index (χ2n) is 6.61. The van der Waals surface area contributed by atoms with Crippen molar-refractivity contribution in [3.05, 3.63) is 66.5 Å². The second-order valence-corrected chi connectivity index (χ2v) is 6.61. The van der Waals surface area contributed by atoms with Crippen LogP contribution in [0.2, 0.25) is 0 Å². The van der Waals surface area contributed by atoms with Crippen molar-refractivity contribution in [1.29, 1.82) is 0 Å². The van der Waals surface area contributed by atoms with Crippen LogP contribution in [0.3, 0.4) is 0 Å². The number of carbonyl (C=O) groups is 1. The van der Waals surface area contributed by atoms with Crippen molar-refractivity contribution in [1.82, 2.24) is 14.9 Å². The molecule has 2 heterocycles. The first-order valence-electron chi connectivity index (χ1n) is 9.26. The van der Waals surface area contributed by atoms with Gasteiger partial charge >= 0.3 is 6.01 Å². The van der Waals surface area contributed by atoms with Gasteiger partial charge < -0.3 is 14.4 Å². The number of amides is 1. The fraction of sp³-hybridized carbons (Fsp3) is 0.227. The normalized spacial score (nSPS) is 13.4. The Hall–Kier alpha value is -3.41. The first-order valence-corrected chi connectivity index (χ1v) is 9.26. The van der Waals surface area contributed by atoms with Crippen LogP contribution in [0.25, 0.3) is 11.1 Å². The van der Waals surface area contributed by atoms with E-state index in [1.54, 1.807) is 31.6 Å². The number of benzene rings is 2. The van der Waals surface area contributed by atoms with Crippen LogP contribution in [0.1, 0.15) is 23.2 Å². The van der Waals surface area contributed by atoms with E-state index < -0.39 is 0 Å². The molecule has 0 atom stereocenters. The Bertz CT molecular complexity index is 950. The van der Waals surface area contributed by atoms with Crippen molar-refractivity contribution in [2.24, 2.45) is 0 Å². The van der Waals surface area contributed by atoms with Crippen LogP contribution in [0, 0.1) is 0 Å². The van der Waals surface area contributed by atoms with Crippen LogP contribution in [0.4, 0.5) is 0 Å². The fourth-order valence-electron chi connectivity index (χ4n) is 3.20. The summed E-state index contributed by atoms with van der Waals surface area (Å²) >= 11 is 0. The molecule has 142 valence electrons. The molecule has 0 N–H and O–H groups in total. The van der Waals surface area contributed by atoms with Crippen LogP contribution in [0.15, 0.2) is 60.9 Å². The Morgan fingerprint density at radius 1 is 0.929 bits per heavy atom. The summed E-state index contributed by atoms with van der Waals surface area (Å²) in [5.41, 5.74) is 2.43. The number of ether oxygens (including phenoxy) is 2. The maximum atomic E-state index is 12.6. The Labute approximate surface area is 163 Å². The minimum Gasteiger partial charge on any atom is -0.497 e. The van der Waals surface area contributed by atoms with Gasteiger partial charge in [0.15, 0.2) is 0 Å². The van der Waals surface area contributed by atoms with Crippen molar-refractivity contribution in [2.45, 2.75) is 12.8 Å². The van der Waals surface area contributed by atoms with Gasteiger partial charge in [0, 0.05) is 36.6 Å². The van der Waals surface area contributed by atoms with Gasteiger partial charge in [-0.15, -0.1) is 0 Å². The molecule has 1 saturated heterocycles. The molecule has 0 saturated carbocycles. The third-order valence-corrected chi connectivity index (χ3v) is 4.73. The second kappa shape index (κ2) is 8.08. The van der Waals surface area contributed by atoms with Gasteiger partial charge in [-0.2, -0.15) is 0 Å². The fourth-order valence-corrected chi connectivity index (χ4v) is 3.20. The summed E-state index contributed by atoms with van der Waals surface area (Å²) in [6, 6.07) is 15.1. The number of nitrogens with zero attached hydrogens (tertiary/aromatic N) is 3. The number of carbonyl (C=O) groups excluding carboxylic acids is 1.